The smallest absolute Gasteiger partial charge is 0.433 e. The van der Waals surface area contributed by atoms with Gasteiger partial charge >= 0.3 is 6.18 Å². The van der Waals surface area contributed by atoms with E-state index in [2.05, 4.69) is 22.9 Å². The Labute approximate surface area is 203 Å². The molecule has 9 heteroatoms. The van der Waals surface area contributed by atoms with E-state index in [1.54, 1.807) is 11.8 Å². The zero-order valence-corrected chi connectivity index (χ0v) is 20.3. The first-order valence-electron chi connectivity index (χ1n) is 12.1. The van der Waals surface area contributed by atoms with Crippen LogP contribution in [0.1, 0.15) is 65.0 Å². The van der Waals surface area contributed by atoms with Crippen LogP contribution >= 0.6 is 0 Å². The predicted octanol–water partition coefficient (Wildman–Crippen LogP) is 4.53. The largest absolute Gasteiger partial charge is 0.491 e. The van der Waals surface area contributed by atoms with Crippen molar-refractivity contribution in [2.75, 3.05) is 26.2 Å². The highest BCUT2D eigenvalue weighted by atomic mass is 19.4. The Kier molecular flexibility index (Phi) is 7.38. The van der Waals surface area contributed by atoms with E-state index in [0.717, 1.165) is 42.8 Å². The Morgan fingerprint density at radius 3 is 2.60 bits per heavy atom. The minimum absolute atomic E-state index is 0.179. The maximum Gasteiger partial charge on any atom is 0.433 e. The number of hydrogen-bond acceptors (Lipinski definition) is 5. The van der Waals surface area contributed by atoms with Gasteiger partial charge in [0.05, 0.1) is 11.7 Å². The number of aromatic nitrogens is 1. The molecule has 0 radical (unpaired) electrons. The number of piperidine rings is 1. The number of halogens is 3. The van der Waals surface area contributed by atoms with E-state index in [9.17, 15) is 23.1 Å². The maximum atomic E-state index is 13.0. The SMILES string of the molecule is Cc1c(OC[C@H](C)O)ccc([C@H]2CCC[C@H]3CN(C(=O)c4ccc(C(F)(F)F)nc4)CCN32)c1C. The van der Waals surface area contributed by atoms with Crippen LogP contribution in [0, 0.1) is 13.8 Å². The quantitative estimate of drug-likeness (QED) is 0.666. The molecule has 1 amide bonds. The number of aliphatic hydroxyl groups excluding tert-OH is 1. The molecule has 0 unspecified atom stereocenters. The van der Waals surface area contributed by atoms with Gasteiger partial charge in [0, 0.05) is 37.9 Å². The van der Waals surface area contributed by atoms with Crippen molar-refractivity contribution < 1.29 is 27.8 Å². The van der Waals surface area contributed by atoms with Gasteiger partial charge in [0.15, 0.2) is 0 Å². The third kappa shape index (κ3) is 5.46. The van der Waals surface area contributed by atoms with Crippen molar-refractivity contribution in [3.8, 4) is 5.75 Å². The molecule has 2 fully saturated rings. The third-order valence-corrected chi connectivity index (χ3v) is 7.15. The first-order valence-corrected chi connectivity index (χ1v) is 12.1. The standard InChI is InChI=1S/C26H32F3N3O3/c1-16(33)15-35-23-9-8-21(17(2)18(23)3)22-6-4-5-20-14-31(11-12-32(20)22)25(34)19-7-10-24(30-13-19)26(27,28)29/h7-10,13,16,20,22,33H,4-6,11-12,14-15H2,1-3H3/t16-,20-,22+/m0/s1. The van der Waals surface area contributed by atoms with Crippen LogP contribution in [-0.4, -0.2) is 64.2 Å². The molecule has 4 rings (SSSR count). The van der Waals surface area contributed by atoms with Crippen LogP contribution in [0.3, 0.4) is 0 Å². The lowest BCUT2D eigenvalue weighted by atomic mass is 9.86. The fourth-order valence-corrected chi connectivity index (χ4v) is 5.18. The van der Waals surface area contributed by atoms with Crippen molar-refractivity contribution >= 4 is 5.91 Å². The molecular weight excluding hydrogens is 459 g/mol. The number of hydrogen-bond donors (Lipinski definition) is 1. The summed E-state index contributed by atoms with van der Waals surface area (Å²) in [6.45, 7) is 7.83. The molecule has 1 aromatic carbocycles. The van der Waals surface area contributed by atoms with Crippen LogP contribution in [0.4, 0.5) is 13.2 Å². The first-order chi connectivity index (χ1) is 16.6. The van der Waals surface area contributed by atoms with Gasteiger partial charge in [0.25, 0.3) is 5.91 Å². The summed E-state index contributed by atoms with van der Waals surface area (Å²) in [6, 6.07) is 6.59. The van der Waals surface area contributed by atoms with E-state index in [4.69, 9.17) is 4.74 Å². The monoisotopic (exact) mass is 491 g/mol. The number of benzene rings is 1. The van der Waals surface area contributed by atoms with E-state index in [-0.39, 0.29) is 30.2 Å². The van der Waals surface area contributed by atoms with E-state index < -0.39 is 18.0 Å². The van der Waals surface area contributed by atoms with Gasteiger partial charge in [-0.25, -0.2) is 0 Å². The van der Waals surface area contributed by atoms with Crippen LogP contribution in [0.5, 0.6) is 5.75 Å². The highest BCUT2D eigenvalue weighted by molar-refractivity contribution is 5.94. The van der Waals surface area contributed by atoms with E-state index >= 15 is 0 Å². The second kappa shape index (κ2) is 10.1. The minimum Gasteiger partial charge on any atom is -0.491 e. The molecule has 0 spiro atoms. The van der Waals surface area contributed by atoms with Gasteiger partial charge in [-0.05, 0) is 74.9 Å². The summed E-state index contributed by atoms with van der Waals surface area (Å²) in [6.07, 6.45) is -1.00. The minimum atomic E-state index is -4.53. The molecule has 0 saturated carbocycles. The molecule has 3 atom stereocenters. The second-order valence-electron chi connectivity index (χ2n) is 9.58. The molecule has 35 heavy (non-hydrogen) atoms. The average Bonchev–Trinajstić information content (AvgIpc) is 2.83. The van der Waals surface area contributed by atoms with Crippen LogP contribution in [0.2, 0.25) is 0 Å². The van der Waals surface area contributed by atoms with Crippen molar-refractivity contribution in [2.45, 2.75) is 64.4 Å². The summed E-state index contributed by atoms with van der Waals surface area (Å²) in [5, 5.41) is 9.53. The summed E-state index contributed by atoms with van der Waals surface area (Å²) >= 11 is 0. The predicted molar refractivity (Wildman–Crippen MR) is 125 cm³/mol. The highest BCUT2D eigenvalue weighted by Crippen LogP contribution is 2.39. The Bertz CT molecular complexity index is 1060. The van der Waals surface area contributed by atoms with Crippen molar-refractivity contribution in [1.82, 2.24) is 14.8 Å². The van der Waals surface area contributed by atoms with Gasteiger partial charge in [-0.2, -0.15) is 13.2 Å². The molecule has 3 heterocycles. The molecule has 2 aliphatic rings. The van der Waals surface area contributed by atoms with Crippen molar-refractivity contribution in [3.05, 3.63) is 58.4 Å². The molecule has 2 saturated heterocycles. The number of carbonyl (C=O) groups excluding carboxylic acids is 1. The van der Waals surface area contributed by atoms with E-state index in [0.29, 0.717) is 19.6 Å². The van der Waals surface area contributed by atoms with Crippen LogP contribution in [-0.2, 0) is 6.18 Å². The van der Waals surface area contributed by atoms with Crippen LogP contribution < -0.4 is 4.74 Å². The van der Waals surface area contributed by atoms with Crippen LogP contribution in [0.25, 0.3) is 0 Å². The molecule has 6 nitrogen and oxygen atoms in total. The van der Waals surface area contributed by atoms with E-state index in [1.807, 2.05) is 13.0 Å². The molecule has 0 aliphatic carbocycles. The average molecular weight is 492 g/mol. The highest BCUT2D eigenvalue weighted by Gasteiger charge is 2.38. The molecular formula is C26H32F3N3O3. The molecule has 1 N–H and O–H groups in total. The lowest BCUT2D eigenvalue weighted by molar-refractivity contribution is -0.141. The van der Waals surface area contributed by atoms with Crippen molar-refractivity contribution in [3.63, 3.8) is 0 Å². The summed E-state index contributed by atoms with van der Waals surface area (Å²) in [5.41, 5.74) is 2.67. The van der Waals surface area contributed by atoms with Crippen molar-refractivity contribution in [2.24, 2.45) is 0 Å². The van der Waals surface area contributed by atoms with E-state index in [1.165, 1.54) is 17.2 Å². The number of nitrogens with zero attached hydrogens (tertiary/aromatic N) is 3. The number of rotatable bonds is 5. The fraction of sp³-hybridized carbons (Fsp3) is 0.538. The Balaban J connectivity index is 1.46. The maximum absolute atomic E-state index is 13.0. The number of piperazine rings is 1. The zero-order valence-electron chi connectivity index (χ0n) is 20.3. The Morgan fingerprint density at radius 2 is 1.94 bits per heavy atom. The lowest BCUT2D eigenvalue weighted by Crippen LogP contribution is -2.57. The Morgan fingerprint density at radius 1 is 1.17 bits per heavy atom. The number of carbonyl (C=O) groups is 1. The number of amides is 1. The van der Waals surface area contributed by atoms with Gasteiger partial charge < -0.3 is 14.7 Å². The molecule has 0 bridgehead atoms. The molecule has 2 aromatic rings. The summed E-state index contributed by atoms with van der Waals surface area (Å²) in [7, 11) is 0. The third-order valence-electron chi connectivity index (χ3n) is 7.15. The van der Waals surface area contributed by atoms with Gasteiger partial charge in [-0.15, -0.1) is 0 Å². The topological polar surface area (TPSA) is 65.9 Å². The second-order valence-corrected chi connectivity index (χ2v) is 9.58. The van der Waals surface area contributed by atoms with Gasteiger partial charge in [0.2, 0.25) is 0 Å². The number of fused-ring (bicyclic) bond motifs is 1. The van der Waals surface area contributed by atoms with Gasteiger partial charge in [-0.1, -0.05) is 6.07 Å². The zero-order chi connectivity index (χ0) is 25.3. The molecule has 2 aliphatic heterocycles. The molecule has 190 valence electrons. The number of alkyl halides is 3. The lowest BCUT2D eigenvalue weighted by Gasteiger charge is -2.48. The first kappa shape index (κ1) is 25.4. The van der Waals surface area contributed by atoms with Gasteiger partial charge in [0.1, 0.15) is 18.1 Å². The van der Waals surface area contributed by atoms with Gasteiger partial charge in [-0.3, -0.25) is 14.7 Å². The summed E-state index contributed by atoms with van der Waals surface area (Å²) in [5.74, 6) is 0.500. The fourth-order valence-electron chi connectivity index (χ4n) is 5.18. The summed E-state index contributed by atoms with van der Waals surface area (Å²) in [4.78, 5) is 20.6. The number of pyridine rings is 1. The Hall–Kier alpha value is -2.65. The number of ether oxygens (including phenoxy) is 1. The van der Waals surface area contributed by atoms with Crippen molar-refractivity contribution in [1.29, 1.82) is 0 Å². The molecule has 1 aromatic heterocycles. The number of aliphatic hydroxyl groups is 1. The summed E-state index contributed by atoms with van der Waals surface area (Å²) < 4.78 is 44.2. The van der Waals surface area contributed by atoms with Crippen LogP contribution in [0.15, 0.2) is 30.5 Å². The normalized spacial score (nSPS) is 22.0.